The molecule has 0 radical (unpaired) electrons. The molecule has 0 spiro atoms. The largest absolute Gasteiger partial charge is 0.497 e. The summed E-state index contributed by atoms with van der Waals surface area (Å²) in [5.41, 5.74) is 4.08. The zero-order valence-corrected chi connectivity index (χ0v) is 20.4. The highest BCUT2D eigenvalue weighted by molar-refractivity contribution is 7.92. The number of hydrogen-bond acceptors (Lipinski definition) is 6. The van der Waals surface area contributed by atoms with Crippen molar-refractivity contribution < 1.29 is 22.7 Å². The lowest BCUT2D eigenvalue weighted by Crippen LogP contribution is -2.39. The molecule has 0 unspecified atom stereocenters. The number of benzene rings is 3. The Balaban J connectivity index is 1.91. The van der Waals surface area contributed by atoms with Gasteiger partial charge in [-0.15, -0.1) is 0 Å². The number of anilines is 1. The van der Waals surface area contributed by atoms with Gasteiger partial charge in [0.2, 0.25) is 0 Å². The van der Waals surface area contributed by atoms with Crippen molar-refractivity contribution in [1.82, 2.24) is 5.43 Å². The fourth-order valence-electron chi connectivity index (χ4n) is 3.06. The summed E-state index contributed by atoms with van der Waals surface area (Å²) in [5.74, 6) is 0.225. The van der Waals surface area contributed by atoms with Crippen molar-refractivity contribution in [2.24, 2.45) is 5.10 Å². The van der Waals surface area contributed by atoms with Gasteiger partial charge in [0.25, 0.3) is 15.9 Å². The smallest absolute Gasteiger partial charge is 0.264 e. The lowest BCUT2D eigenvalue weighted by molar-refractivity contribution is -0.119. The van der Waals surface area contributed by atoms with Gasteiger partial charge in [-0.2, -0.15) is 5.10 Å². The fourth-order valence-corrected chi connectivity index (χ4v) is 4.65. The molecule has 1 amide bonds. The molecule has 34 heavy (non-hydrogen) atoms. The number of nitrogens with one attached hydrogen (secondary N) is 1. The Hall–Kier alpha value is -3.56. The van der Waals surface area contributed by atoms with Crippen molar-refractivity contribution in [1.29, 1.82) is 0 Å². The monoisotopic (exact) mass is 501 g/mol. The Morgan fingerprint density at radius 2 is 1.79 bits per heavy atom. The van der Waals surface area contributed by atoms with Crippen LogP contribution in [-0.2, 0) is 14.8 Å². The summed E-state index contributed by atoms with van der Waals surface area (Å²) in [6, 6.07) is 17.9. The summed E-state index contributed by atoms with van der Waals surface area (Å²) in [5, 5.41) is 4.22. The van der Waals surface area contributed by atoms with Crippen LogP contribution in [0.15, 0.2) is 76.7 Å². The van der Waals surface area contributed by atoms with E-state index in [4.69, 9.17) is 21.1 Å². The van der Waals surface area contributed by atoms with Gasteiger partial charge in [-0.05, 0) is 55.0 Å². The minimum atomic E-state index is -4.14. The second-order valence-electron chi connectivity index (χ2n) is 7.21. The molecule has 0 heterocycles. The first kappa shape index (κ1) is 25.1. The van der Waals surface area contributed by atoms with E-state index in [2.05, 4.69) is 10.5 Å². The maximum atomic E-state index is 13.5. The molecule has 1 N–H and O–H groups in total. The molecule has 10 heteroatoms. The summed E-state index contributed by atoms with van der Waals surface area (Å²) in [6.45, 7) is 1.30. The number of methoxy groups -OCH3 is 2. The van der Waals surface area contributed by atoms with E-state index in [0.717, 1.165) is 9.87 Å². The van der Waals surface area contributed by atoms with Crippen molar-refractivity contribution in [3.8, 4) is 11.5 Å². The predicted octanol–water partition coefficient (Wildman–Crippen LogP) is 4.01. The van der Waals surface area contributed by atoms with Crippen LogP contribution in [0, 0.1) is 6.92 Å². The van der Waals surface area contributed by atoms with Crippen LogP contribution in [0.25, 0.3) is 0 Å². The van der Waals surface area contributed by atoms with E-state index in [9.17, 15) is 13.2 Å². The highest BCUT2D eigenvalue weighted by Crippen LogP contribution is 2.34. The number of rotatable bonds is 9. The van der Waals surface area contributed by atoms with Crippen molar-refractivity contribution in [3.63, 3.8) is 0 Å². The van der Waals surface area contributed by atoms with Crippen LogP contribution in [0.1, 0.15) is 11.1 Å². The molecule has 3 aromatic carbocycles. The standard InChI is InChI=1S/C24H24ClN3O5S/c1-17-7-10-21(11-8-17)34(30,31)28(22-14-19(25)9-12-23(22)33-3)16-24(29)27-26-15-18-5-4-6-20(13-18)32-2/h4-15H,16H2,1-3H3,(H,27,29)/b26-15+. The lowest BCUT2D eigenvalue weighted by Gasteiger charge is -2.25. The Bertz CT molecular complexity index is 1290. The van der Waals surface area contributed by atoms with Gasteiger partial charge in [-0.3, -0.25) is 9.10 Å². The molecule has 0 bridgehead atoms. The first-order chi connectivity index (χ1) is 16.2. The first-order valence-electron chi connectivity index (χ1n) is 10.1. The zero-order valence-electron chi connectivity index (χ0n) is 18.9. The van der Waals surface area contributed by atoms with E-state index < -0.39 is 22.5 Å². The van der Waals surface area contributed by atoms with Crippen LogP contribution in [0.3, 0.4) is 0 Å². The van der Waals surface area contributed by atoms with Crippen molar-refractivity contribution in [2.45, 2.75) is 11.8 Å². The molecule has 0 atom stereocenters. The quantitative estimate of drug-likeness (QED) is 0.353. The third-order valence-electron chi connectivity index (χ3n) is 4.80. The van der Waals surface area contributed by atoms with Gasteiger partial charge in [0, 0.05) is 5.02 Å². The number of sulfonamides is 1. The molecule has 3 rings (SSSR count). The maximum absolute atomic E-state index is 13.5. The van der Waals surface area contributed by atoms with Crippen LogP contribution in [0.2, 0.25) is 5.02 Å². The third kappa shape index (κ3) is 6.06. The van der Waals surface area contributed by atoms with E-state index in [1.165, 1.54) is 37.6 Å². The number of carbonyl (C=O) groups is 1. The first-order valence-corrected chi connectivity index (χ1v) is 12.0. The maximum Gasteiger partial charge on any atom is 0.264 e. The number of nitrogens with zero attached hydrogens (tertiary/aromatic N) is 2. The molecule has 178 valence electrons. The van der Waals surface area contributed by atoms with Gasteiger partial charge < -0.3 is 9.47 Å². The highest BCUT2D eigenvalue weighted by atomic mass is 35.5. The van der Waals surface area contributed by atoms with Crippen molar-refractivity contribution in [2.75, 3.05) is 25.1 Å². The molecule has 0 saturated heterocycles. The number of aryl methyl sites for hydroxylation is 1. The van der Waals surface area contributed by atoms with Crippen molar-refractivity contribution >= 4 is 39.4 Å². The molecule has 0 aliphatic carbocycles. The van der Waals surface area contributed by atoms with Gasteiger partial charge in [0.15, 0.2) is 0 Å². The SMILES string of the molecule is COc1cccc(/C=N/NC(=O)CN(c2cc(Cl)ccc2OC)S(=O)(=O)c2ccc(C)cc2)c1. The van der Waals surface area contributed by atoms with E-state index in [1.807, 2.05) is 6.92 Å². The van der Waals surface area contributed by atoms with Gasteiger partial charge in [0.1, 0.15) is 18.0 Å². The summed E-state index contributed by atoms with van der Waals surface area (Å²) in [6.07, 6.45) is 1.43. The second-order valence-corrected chi connectivity index (χ2v) is 9.51. The molecule has 3 aromatic rings. The normalized spacial score (nSPS) is 11.3. The van der Waals surface area contributed by atoms with Gasteiger partial charge in [-0.1, -0.05) is 41.4 Å². The van der Waals surface area contributed by atoms with E-state index in [1.54, 1.807) is 49.6 Å². The van der Waals surface area contributed by atoms with E-state index in [0.29, 0.717) is 11.3 Å². The fraction of sp³-hybridized carbons (Fsp3) is 0.167. The number of hydrogen-bond donors (Lipinski definition) is 1. The number of carbonyl (C=O) groups excluding carboxylic acids is 1. The molecule has 0 saturated carbocycles. The lowest BCUT2D eigenvalue weighted by atomic mass is 10.2. The predicted molar refractivity (Wildman–Crippen MR) is 132 cm³/mol. The van der Waals surface area contributed by atoms with Crippen LogP contribution in [-0.4, -0.2) is 41.3 Å². The summed E-state index contributed by atoms with van der Waals surface area (Å²) in [4.78, 5) is 12.7. The Morgan fingerprint density at radius 3 is 2.47 bits per heavy atom. The number of hydrazone groups is 1. The van der Waals surface area contributed by atoms with Gasteiger partial charge in [0.05, 0.1) is 31.0 Å². The molecule has 8 nitrogen and oxygen atoms in total. The Morgan fingerprint density at radius 1 is 1.06 bits per heavy atom. The van der Waals surface area contributed by atoms with Crippen LogP contribution in [0.4, 0.5) is 5.69 Å². The molecular formula is C24H24ClN3O5S. The Kier molecular flexibility index (Phi) is 8.14. The molecule has 0 aliphatic rings. The summed E-state index contributed by atoms with van der Waals surface area (Å²) < 4.78 is 38.5. The average molecular weight is 502 g/mol. The molecule has 0 aromatic heterocycles. The third-order valence-corrected chi connectivity index (χ3v) is 6.81. The van der Waals surface area contributed by atoms with Crippen LogP contribution < -0.4 is 19.2 Å². The average Bonchev–Trinajstić information content (AvgIpc) is 2.83. The molecule has 0 fully saturated rings. The minimum absolute atomic E-state index is 0.0211. The van der Waals surface area contributed by atoms with E-state index in [-0.39, 0.29) is 21.4 Å². The minimum Gasteiger partial charge on any atom is -0.497 e. The zero-order chi connectivity index (χ0) is 24.7. The number of halogens is 1. The van der Waals surface area contributed by atoms with Crippen LogP contribution in [0.5, 0.6) is 11.5 Å². The second kappa shape index (κ2) is 11.0. The Labute approximate surface area is 203 Å². The summed E-state index contributed by atoms with van der Waals surface area (Å²) in [7, 11) is -1.18. The van der Waals surface area contributed by atoms with Crippen LogP contribution >= 0.6 is 11.6 Å². The highest BCUT2D eigenvalue weighted by Gasteiger charge is 2.29. The summed E-state index contributed by atoms with van der Waals surface area (Å²) >= 11 is 6.14. The van der Waals surface area contributed by atoms with E-state index >= 15 is 0 Å². The molecule has 0 aliphatic heterocycles. The van der Waals surface area contributed by atoms with Gasteiger partial charge in [-0.25, -0.2) is 13.8 Å². The van der Waals surface area contributed by atoms with Crippen molar-refractivity contribution in [3.05, 3.63) is 82.9 Å². The van der Waals surface area contributed by atoms with Gasteiger partial charge >= 0.3 is 0 Å². The molecular weight excluding hydrogens is 478 g/mol. The number of amides is 1. The number of ether oxygens (including phenoxy) is 2. The topological polar surface area (TPSA) is 97.3 Å².